The Morgan fingerprint density at radius 3 is 2.35 bits per heavy atom. The standard InChI is InChI=1S/C12H24N2O5S/c1-20(18,19)9-7-10(13)12(17)14-8-5-3-2-4-6-11(15)16/h10H,2-9,13H2,1H3,(H,14,17)(H,15,16). The van der Waals surface area contributed by atoms with Crippen LogP contribution >= 0.6 is 0 Å². The van der Waals surface area contributed by atoms with Crippen molar-refractivity contribution in [3.8, 4) is 0 Å². The molecule has 0 radical (unpaired) electrons. The Balaban J connectivity index is 3.60. The lowest BCUT2D eigenvalue weighted by atomic mass is 10.1. The minimum atomic E-state index is -3.10. The normalized spacial score (nSPS) is 12.9. The van der Waals surface area contributed by atoms with Gasteiger partial charge in [0, 0.05) is 19.2 Å². The van der Waals surface area contributed by atoms with Crippen LogP contribution in [0.1, 0.15) is 38.5 Å². The summed E-state index contributed by atoms with van der Waals surface area (Å²) < 4.78 is 21.9. The molecule has 1 atom stereocenters. The zero-order chi connectivity index (χ0) is 15.6. The molecule has 4 N–H and O–H groups in total. The Morgan fingerprint density at radius 2 is 1.80 bits per heavy atom. The first-order valence-electron chi connectivity index (χ1n) is 6.65. The van der Waals surface area contributed by atoms with E-state index in [2.05, 4.69) is 5.32 Å². The maximum Gasteiger partial charge on any atom is 0.303 e. The van der Waals surface area contributed by atoms with Crippen molar-refractivity contribution in [1.29, 1.82) is 0 Å². The van der Waals surface area contributed by atoms with Crippen LogP contribution in [-0.2, 0) is 19.4 Å². The van der Waals surface area contributed by atoms with E-state index in [9.17, 15) is 18.0 Å². The van der Waals surface area contributed by atoms with Crippen molar-refractivity contribution in [2.45, 2.75) is 44.6 Å². The molecular formula is C12H24N2O5S. The van der Waals surface area contributed by atoms with Crippen molar-refractivity contribution < 1.29 is 23.1 Å². The molecule has 0 heterocycles. The van der Waals surface area contributed by atoms with Crippen molar-refractivity contribution in [3.05, 3.63) is 0 Å². The van der Waals surface area contributed by atoms with Gasteiger partial charge in [0.05, 0.1) is 11.8 Å². The maximum absolute atomic E-state index is 11.5. The van der Waals surface area contributed by atoms with E-state index in [0.717, 1.165) is 25.5 Å². The number of sulfone groups is 1. The topological polar surface area (TPSA) is 127 Å². The Morgan fingerprint density at radius 1 is 1.20 bits per heavy atom. The van der Waals surface area contributed by atoms with Crippen molar-refractivity contribution in [3.63, 3.8) is 0 Å². The van der Waals surface area contributed by atoms with Gasteiger partial charge >= 0.3 is 5.97 Å². The zero-order valence-corrected chi connectivity index (χ0v) is 12.6. The Labute approximate surface area is 119 Å². The summed E-state index contributed by atoms with van der Waals surface area (Å²) in [4.78, 5) is 21.8. The number of carboxylic acid groups (broad SMARTS) is 1. The van der Waals surface area contributed by atoms with Crippen LogP contribution in [0.3, 0.4) is 0 Å². The van der Waals surface area contributed by atoms with Gasteiger partial charge in [0.1, 0.15) is 9.84 Å². The van der Waals surface area contributed by atoms with E-state index in [1.807, 2.05) is 0 Å². The first kappa shape index (κ1) is 18.9. The van der Waals surface area contributed by atoms with Crippen LogP contribution in [0.15, 0.2) is 0 Å². The molecule has 1 unspecified atom stereocenters. The minimum Gasteiger partial charge on any atom is -0.481 e. The molecule has 0 aromatic heterocycles. The molecule has 0 bridgehead atoms. The predicted molar refractivity (Wildman–Crippen MR) is 76.0 cm³/mol. The third kappa shape index (κ3) is 11.9. The van der Waals surface area contributed by atoms with Gasteiger partial charge in [-0.3, -0.25) is 9.59 Å². The summed E-state index contributed by atoms with van der Waals surface area (Å²) in [5, 5.41) is 11.1. The fraction of sp³-hybridized carbons (Fsp3) is 0.833. The lowest BCUT2D eigenvalue weighted by molar-refractivity contribution is -0.137. The lowest BCUT2D eigenvalue weighted by Crippen LogP contribution is -2.41. The Kier molecular flexibility index (Phi) is 9.15. The number of amides is 1. The summed E-state index contributed by atoms with van der Waals surface area (Å²) >= 11 is 0. The number of aliphatic carboxylic acids is 1. The molecule has 0 aliphatic heterocycles. The van der Waals surface area contributed by atoms with Crippen molar-refractivity contribution in [1.82, 2.24) is 5.32 Å². The van der Waals surface area contributed by atoms with Gasteiger partial charge in [0.15, 0.2) is 0 Å². The molecule has 0 saturated carbocycles. The summed E-state index contributed by atoms with van der Waals surface area (Å²) in [6.07, 6.45) is 4.43. The van der Waals surface area contributed by atoms with Crippen LogP contribution < -0.4 is 11.1 Å². The maximum atomic E-state index is 11.5. The zero-order valence-electron chi connectivity index (χ0n) is 11.8. The largest absolute Gasteiger partial charge is 0.481 e. The second-order valence-electron chi connectivity index (χ2n) is 4.87. The van der Waals surface area contributed by atoms with Crippen LogP contribution in [0.2, 0.25) is 0 Å². The molecule has 0 aromatic carbocycles. The average Bonchev–Trinajstić information content (AvgIpc) is 2.33. The molecule has 0 aromatic rings. The van der Waals surface area contributed by atoms with Gasteiger partial charge < -0.3 is 16.2 Å². The smallest absolute Gasteiger partial charge is 0.303 e. The molecule has 0 spiro atoms. The molecule has 1 amide bonds. The van der Waals surface area contributed by atoms with E-state index in [1.54, 1.807) is 0 Å². The van der Waals surface area contributed by atoms with Gasteiger partial charge in [0.25, 0.3) is 0 Å². The number of hydrogen-bond acceptors (Lipinski definition) is 5. The monoisotopic (exact) mass is 308 g/mol. The number of carbonyl (C=O) groups excluding carboxylic acids is 1. The molecule has 0 fully saturated rings. The van der Waals surface area contributed by atoms with E-state index in [-0.39, 0.29) is 24.5 Å². The molecule has 0 aliphatic carbocycles. The molecule has 20 heavy (non-hydrogen) atoms. The van der Waals surface area contributed by atoms with Gasteiger partial charge in [-0.05, 0) is 19.3 Å². The van der Waals surface area contributed by atoms with Crippen molar-refractivity contribution >= 4 is 21.7 Å². The highest BCUT2D eigenvalue weighted by molar-refractivity contribution is 7.90. The average molecular weight is 308 g/mol. The van der Waals surface area contributed by atoms with Crippen LogP contribution in [0.5, 0.6) is 0 Å². The second kappa shape index (κ2) is 9.71. The number of rotatable bonds is 11. The van der Waals surface area contributed by atoms with E-state index >= 15 is 0 Å². The minimum absolute atomic E-state index is 0.100. The van der Waals surface area contributed by atoms with E-state index in [0.29, 0.717) is 13.0 Å². The van der Waals surface area contributed by atoms with Gasteiger partial charge in [0.2, 0.25) is 5.91 Å². The van der Waals surface area contributed by atoms with Crippen molar-refractivity contribution in [2.75, 3.05) is 18.6 Å². The highest BCUT2D eigenvalue weighted by Gasteiger charge is 2.15. The molecule has 118 valence electrons. The second-order valence-corrected chi connectivity index (χ2v) is 7.13. The number of carbonyl (C=O) groups is 2. The third-order valence-electron chi connectivity index (χ3n) is 2.75. The number of hydrogen-bond donors (Lipinski definition) is 3. The highest BCUT2D eigenvalue weighted by atomic mass is 32.2. The third-order valence-corrected chi connectivity index (χ3v) is 3.73. The Bertz CT molecular complexity index is 408. The summed E-state index contributed by atoms with van der Waals surface area (Å²) in [6.45, 7) is 0.471. The number of nitrogens with two attached hydrogens (primary N) is 1. The summed E-state index contributed by atoms with van der Waals surface area (Å²) in [6, 6.07) is -0.809. The van der Waals surface area contributed by atoms with Gasteiger partial charge in [-0.15, -0.1) is 0 Å². The fourth-order valence-electron chi connectivity index (χ4n) is 1.57. The molecule has 8 heteroatoms. The van der Waals surface area contributed by atoms with Crippen LogP contribution in [0.25, 0.3) is 0 Å². The first-order valence-corrected chi connectivity index (χ1v) is 8.71. The van der Waals surface area contributed by atoms with Gasteiger partial charge in [-0.2, -0.15) is 0 Å². The van der Waals surface area contributed by atoms with Crippen LogP contribution in [0.4, 0.5) is 0 Å². The summed E-state index contributed by atoms with van der Waals surface area (Å²) in [5.41, 5.74) is 5.58. The van der Waals surface area contributed by atoms with Gasteiger partial charge in [-0.1, -0.05) is 12.8 Å². The quantitative estimate of drug-likeness (QED) is 0.457. The number of carboxylic acids is 1. The summed E-state index contributed by atoms with van der Waals surface area (Å²) in [5.74, 6) is -1.24. The first-order chi connectivity index (χ1) is 9.22. The van der Waals surface area contributed by atoms with E-state index in [1.165, 1.54) is 0 Å². The van der Waals surface area contributed by atoms with Gasteiger partial charge in [-0.25, -0.2) is 8.42 Å². The van der Waals surface area contributed by atoms with Crippen LogP contribution in [-0.4, -0.2) is 50.0 Å². The fourth-order valence-corrected chi connectivity index (χ4v) is 2.25. The highest BCUT2D eigenvalue weighted by Crippen LogP contribution is 2.02. The molecular weight excluding hydrogens is 284 g/mol. The van der Waals surface area contributed by atoms with Crippen molar-refractivity contribution in [2.24, 2.45) is 5.73 Å². The van der Waals surface area contributed by atoms with E-state index in [4.69, 9.17) is 10.8 Å². The van der Waals surface area contributed by atoms with Crippen LogP contribution in [0, 0.1) is 0 Å². The SMILES string of the molecule is CS(=O)(=O)CCC(N)C(=O)NCCCCCCC(=O)O. The molecule has 7 nitrogen and oxygen atoms in total. The lowest BCUT2D eigenvalue weighted by Gasteiger charge is -2.11. The molecule has 0 saturated heterocycles. The number of nitrogens with one attached hydrogen (secondary N) is 1. The summed E-state index contributed by atoms with van der Waals surface area (Å²) in [7, 11) is -3.10. The molecule has 0 rings (SSSR count). The number of unbranched alkanes of at least 4 members (excludes halogenated alkanes) is 3. The van der Waals surface area contributed by atoms with E-state index < -0.39 is 21.8 Å². The predicted octanol–water partition coefficient (Wildman–Crippen LogP) is -0.100. The Hall–Kier alpha value is -1.15. The molecule has 0 aliphatic rings.